The number of hydrogen-bond acceptors (Lipinski definition) is 4. The van der Waals surface area contributed by atoms with Gasteiger partial charge in [-0.15, -0.1) is 0 Å². The van der Waals surface area contributed by atoms with Crippen molar-refractivity contribution in [2.45, 2.75) is 25.7 Å². The van der Waals surface area contributed by atoms with Gasteiger partial charge in [0, 0.05) is 5.92 Å². The number of benzene rings is 1. The van der Waals surface area contributed by atoms with E-state index in [9.17, 15) is 12.8 Å². The molecule has 5 nitrogen and oxygen atoms in total. The molecule has 1 aromatic heterocycles. The van der Waals surface area contributed by atoms with Crippen molar-refractivity contribution in [2.75, 3.05) is 11.5 Å². The lowest BCUT2D eigenvalue weighted by Crippen LogP contribution is -2.25. The molecule has 0 amide bonds. The number of halogens is 1. The Kier molecular flexibility index (Phi) is 3.52. The molecule has 1 aromatic carbocycles. The maximum atomic E-state index is 13.4. The molecule has 1 fully saturated rings. The number of sulfone groups is 1. The van der Waals surface area contributed by atoms with Crippen molar-refractivity contribution < 1.29 is 12.8 Å². The lowest BCUT2D eigenvalue weighted by Gasteiger charge is -2.21. The van der Waals surface area contributed by atoms with E-state index >= 15 is 0 Å². The summed E-state index contributed by atoms with van der Waals surface area (Å²) in [5, 5.41) is 4.29. The number of hydrogen-bond donors (Lipinski definition) is 0. The van der Waals surface area contributed by atoms with Crippen molar-refractivity contribution in [1.82, 2.24) is 14.8 Å². The van der Waals surface area contributed by atoms with Crippen LogP contribution in [0.1, 0.15) is 30.4 Å². The van der Waals surface area contributed by atoms with Gasteiger partial charge in [-0.25, -0.2) is 22.5 Å². The van der Waals surface area contributed by atoms with Crippen molar-refractivity contribution in [2.24, 2.45) is 0 Å². The third-order valence-electron chi connectivity index (χ3n) is 3.62. The molecule has 1 atom stereocenters. The Hall–Kier alpha value is -1.76. The predicted octanol–water partition coefficient (Wildman–Crippen LogP) is 2.01. The van der Waals surface area contributed by atoms with Crippen molar-refractivity contribution >= 4 is 9.84 Å². The van der Waals surface area contributed by atoms with E-state index in [2.05, 4.69) is 10.1 Å². The normalized spacial score (nSPS) is 21.3. The first kappa shape index (κ1) is 14.2. The average molecular weight is 309 g/mol. The van der Waals surface area contributed by atoms with Gasteiger partial charge in [-0.1, -0.05) is 6.07 Å². The summed E-state index contributed by atoms with van der Waals surface area (Å²) < 4.78 is 38.6. The first-order chi connectivity index (χ1) is 9.94. The SMILES string of the molecule is Cc1nc(C2CCCS(=O)(=O)C2)n(-c2cccc(F)c2)n1. The molecular formula is C14H16FN3O2S. The second-order valence-corrected chi connectivity index (χ2v) is 7.59. The Labute approximate surface area is 122 Å². The first-order valence-corrected chi connectivity index (χ1v) is 8.67. The average Bonchev–Trinajstić information content (AvgIpc) is 2.80. The van der Waals surface area contributed by atoms with Crippen molar-refractivity contribution in [3.63, 3.8) is 0 Å². The molecule has 2 aromatic rings. The van der Waals surface area contributed by atoms with Crippen LogP contribution in [-0.4, -0.2) is 34.7 Å². The standard InChI is InChI=1S/C14H16FN3O2S/c1-10-16-14(11-4-3-7-21(19,20)9-11)18(17-10)13-6-2-5-12(15)8-13/h2,5-6,8,11H,3-4,7,9H2,1H3. The Morgan fingerprint density at radius 3 is 2.90 bits per heavy atom. The zero-order chi connectivity index (χ0) is 15.0. The largest absolute Gasteiger partial charge is 0.229 e. The van der Waals surface area contributed by atoms with Gasteiger partial charge in [-0.3, -0.25) is 0 Å². The summed E-state index contributed by atoms with van der Waals surface area (Å²) >= 11 is 0. The molecule has 1 aliphatic heterocycles. The van der Waals surface area contributed by atoms with E-state index in [0.717, 1.165) is 6.42 Å². The van der Waals surface area contributed by atoms with Gasteiger partial charge in [0.1, 0.15) is 17.5 Å². The van der Waals surface area contributed by atoms with Gasteiger partial charge in [-0.05, 0) is 38.0 Å². The van der Waals surface area contributed by atoms with Crippen molar-refractivity contribution in [3.05, 3.63) is 41.7 Å². The summed E-state index contributed by atoms with van der Waals surface area (Å²) in [5.74, 6) is 0.923. The number of aryl methyl sites for hydroxylation is 1. The van der Waals surface area contributed by atoms with E-state index in [1.807, 2.05) is 0 Å². The molecule has 1 unspecified atom stereocenters. The molecule has 0 N–H and O–H groups in total. The summed E-state index contributed by atoms with van der Waals surface area (Å²) in [6, 6.07) is 6.06. The van der Waals surface area contributed by atoms with Crippen LogP contribution in [0.25, 0.3) is 5.69 Å². The van der Waals surface area contributed by atoms with E-state index in [1.54, 1.807) is 23.7 Å². The van der Waals surface area contributed by atoms with Gasteiger partial charge in [0.2, 0.25) is 0 Å². The number of nitrogens with zero attached hydrogens (tertiary/aromatic N) is 3. The van der Waals surface area contributed by atoms with Crippen LogP contribution in [0.15, 0.2) is 24.3 Å². The smallest absolute Gasteiger partial charge is 0.151 e. The molecule has 0 saturated carbocycles. The minimum absolute atomic E-state index is 0.0838. The summed E-state index contributed by atoms with van der Waals surface area (Å²) in [5.41, 5.74) is 0.563. The molecule has 0 radical (unpaired) electrons. The van der Waals surface area contributed by atoms with Crippen molar-refractivity contribution in [1.29, 1.82) is 0 Å². The maximum Gasteiger partial charge on any atom is 0.151 e. The lowest BCUT2D eigenvalue weighted by molar-refractivity contribution is 0.536. The molecule has 0 spiro atoms. The predicted molar refractivity (Wildman–Crippen MR) is 76.7 cm³/mol. The van der Waals surface area contributed by atoms with E-state index < -0.39 is 9.84 Å². The minimum atomic E-state index is -3.03. The number of aromatic nitrogens is 3. The van der Waals surface area contributed by atoms with Crippen LogP contribution >= 0.6 is 0 Å². The van der Waals surface area contributed by atoms with Gasteiger partial charge < -0.3 is 0 Å². The molecule has 3 rings (SSSR count). The minimum Gasteiger partial charge on any atom is -0.229 e. The van der Waals surface area contributed by atoms with Crippen LogP contribution in [-0.2, 0) is 9.84 Å². The highest BCUT2D eigenvalue weighted by atomic mass is 32.2. The van der Waals surface area contributed by atoms with E-state index in [0.29, 0.717) is 23.8 Å². The van der Waals surface area contributed by atoms with Gasteiger partial charge in [0.25, 0.3) is 0 Å². The zero-order valence-corrected chi connectivity index (χ0v) is 12.5. The van der Waals surface area contributed by atoms with Crippen LogP contribution < -0.4 is 0 Å². The molecule has 0 aliphatic carbocycles. The van der Waals surface area contributed by atoms with Crippen LogP contribution in [0, 0.1) is 12.7 Å². The van der Waals surface area contributed by atoms with Gasteiger partial charge >= 0.3 is 0 Å². The molecule has 7 heteroatoms. The molecule has 21 heavy (non-hydrogen) atoms. The second-order valence-electron chi connectivity index (χ2n) is 5.36. The highest BCUT2D eigenvalue weighted by Crippen LogP contribution is 2.28. The molecule has 1 aliphatic rings. The molecule has 0 bridgehead atoms. The van der Waals surface area contributed by atoms with Crippen molar-refractivity contribution in [3.8, 4) is 5.69 Å². The van der Waals surface area contributed by atoms with E-state index in [4.69, 9.17) is 0 Å². The second kappa shape index (κ2) is 5.22. The van der Waals surface area contributed by atoms with Crippen LogP contribution in [0.5, 0.6) is 0 Å². The maximum absolute atomic E-state index is 13.4. The summed E-state index contributed by atoms with van der Waals surface area (Å²) in [7, 11) is -3.03. The Morgan fingerprint density at radius 2 is 2.19 bits per heavy atom. The summed E-state index contributed by atoms with van der Waals surface area (Å²) in [6.45, 7) is 1.75. The zero-order valence-electron chi connectivity index (χ0n) is 11.7. The molecule has 112 valence electrons. The Morgan fingerprint density at radius 1 is 1.38 bits per heavy atom. The Balaban J connectivity index is 2.04. The van der Waals surface area contributed by atoms with Crippen LogP contribution in [0.3, 0.4) is 0 Å². The molecular weight excluding hydrogens is 293 g/mol. The molecule has 2 heterocycles. The van der Waals surface area contributed by atoms with Gasteiger partial charge in [0.15, 0.2) is 9.84 Å². The quantitative estimate of drug-likeness (QED) is 0.851. The fraction of sp³-hybridized carbons (Fsp3) is 0.429. The van der Waals surface area contributed by atoms with Crippen LogP contribution in [0.4, 0.5) is 4.39 Å². The monoisotopic (exact) mass is 309 g/mol. The number of rotatable bonds is 2. The summed E-state index contributed by atoms with van der Waals surface area (Å²) in [4.78, 5) is 4.37. The van der Waals surface area contributed by atoms with Gasteiger partial charge in [-0.2, -0.15) is 5.10 Å². The highest BCUT2D eigenvalue weighted by Gasteiger charge is 2.30. The van der Waals surface area contributed by atoms with E-state index in [1.165, 1.54) is 12.1 Å². The fourth-order valence-corrected chi connectivity index (χ4v) is 4.42. The molecule has 1 saturated heterocycles. The highest BCUT2D eigenvalue weighted by molar-refractivity contribution is 7.91. The third kappa shape index (κ3) is 2.97. The summed E-state index contributed by atoms with van der Waals surface area (Å²) in [6.07, 6.45) is 1.38. The van der Waals surface area contributed by atoms with Gasteiger partial charge in [0.05, 0.1) is 17.2 Å². The van der Waals surface area contributed by atoms with E-state index in [-0.39, 0.29) is 23.2 Å². The topological polar surface area (TPSA) is 64.8 Å². The lowest BCUT2D eigenvalue weighted by atomic mass is 10.0. The first-order valence-electron chi connectivity index (χ1n) is 6.84. The third-order valence-corrected chi connectivity index (χ3v) is 5.44. The Bertz CT molecular complexity index is 770. The van der Waals surface area contributed by atoms with Crippen LogP contribution in [0.2, 0.25) is 0 Å². The fourth-order valence-electron chi connectivity index (χ4n) is 2.72.